The zero-order valence-corrected chi connectivity index (χ0v) is 65.1. The molecule has 4 aliphatic rings. The molecule has 8 rings (SSSR count). The van der Waals surface area contributed by atoms with Gasteiger partial charge in [0.2, 0.25) is 0 Å². The van der Waals surface area contributed by atoms with E-state index in [1.807, 2.05) is 13.8 Å². The molecule has 0 radical (unpaired) electrons. The van der Waals surface area contributed by atoms with Gasteiger partial charge in [0, 0.05) is 64.3 Å². The van der Waals surface area contributed by atoms with Crippen LogP contribution in [0.3, 0.4) is 0 Å². The molecular weight excluding hydrogens is 1300 g/mol. The van der Waals surface area contributed by atoms with E-state index in [9.17, 15) is 0 Å². The van der Waals surface area contributed by atoms with Gasteiger partial charge in [-0.15, -0.1) is 35.9 Å². The number of aliphatic imine (C=N–C) groups is 2. The molecule has 8 nitrogen and oxygen atoms in total. The van der Waals surface area contributed by atoms with Gasteiger partial charge in [-0.25, -0.2) is 0 Å². The summed E-state index contributed by atoms with van der Waals surface area (Å²) in [4.78, 5) is 10.1. The number of hydrogen-bond acceptors (Lipinski definition) is 6. The molecule has 0 bridgehead atoms. The third-order valence-electron chi connectivity index (χ3n) is 14.6. The number of allylic oxidation sites excluding steroid dienone is 2. The van der Waals surface area contributed by atoms with Crippen molar-refractivity contribution in [2.24, 2.45) is 9.98 Å². The van der Waals surface area contributed by atoms with Gasteiger partial charge in [0.1, 0.15) is 0 Å². The minimum atomic E-state index is 0. The van der Waals surface area contributed by atoms with Crippen LogP contribution < -0.4 is 49.6 Å². The van der Waals surface area contributed by atoms with Crippen LogP contribution in [-0.2, 0) is 84.4 Å². The number of nitrogens with zero attached hydrogens (tertiary/aromatic N) is 4. The number of benzene rings is 4. The molecular formula is C72H110Cl4N4O4Y2. The molecule has 4 saturated heterocycles. The molecule has 0 saturated carbocycles. The average Bonchev–Trinajstić information content (AvgIpc) is 4.29. The smallest absolute Gasteiger partial charge is 1.00 e. The molecule has 4 aromatic carbocycles. The van der Waals surface area contributed by atoms with Crippen molar-refractivity contribution < 1.29 is 134 Å². The van der Waals surface area contributed by atoms with Crippen molar-refractivity contribution in [3.8, 4) is 0 Å². The average molecular weight is 1420 g/mol. The fourth-order valence-electron chi connectivity index (χ4n) is 9.50. The van der Waals surface area contributed by atoms with E-state index in [4.69, 9.17) is 39.6 Å². The van der Waals surface area contributed by atoms with Crippen molar-refractivity contribution in [1.82, 2.24) is 0 Å². The van der Waals surface area contributed by atoms with Crippen molar-refractivity contribution in [3.63, 3.8) is 0 Å². The van der Waals surface area contributed by atoms with E-state index in [2.05, 4.69) is 197 Å². The van der Waals surface area contributed by atoms with E-state index in [-0.39, 0.29) is 115 Å². The Kier molecular flexibility index (Phi) is 53.0. The van der Waals surface area contributed by atoms with Gasteiger partial charge in [-0.3, -0.25) is 9.98 Å². The van der Waals surface area contributed by atoms with Crippen LogP contribution in [0.2, 0.25) is 0 Å². The maximum atomic E-state index is 5.07. The molecule has 0 N–H and O–H groups in total. The summed E-state index contributed by atoms with van der Waals surface area (Å²) < 4.78 is 19.8. The van der Waals surface area contributed by atoms with E-state index in [0.29, 0.717) is 47.3 Å². The molecule has 4 heterocycles. The van der Waals surface area contributed by atoms with E-state index < -0.39 is 0 Å². The first-order valence-corrected chi connectivity index (χ1v) is 30.8. The molecule has 0 aromatic heterocycles. The quantitative estimate of drug-likeness (QED) is 0.105. The molecule has 86 heavy (non-hydrogen) atoms. The number of halogens is 4. The van der Waals surface area contributed by atoms with Crippen LogP contribution in [0.1, 0.15) is 268 Å². The number of ether oxygens (including phenoxy) is 4. The third kappa shape index (κ3) is 32.2. The van der Waals surface area contributed by atoms with E-state index in [0.717, 1.165) is 98.4 Å². The molecule has 476 valence electrons. The normalized spacial score (nSPS) is 14.2. The Morgan fingerprint density at radius 1 is 0.326 bits per heavy atom. The maximum absolute atomic E-state index is 5.07. The number of hydrogen-bond donors (Lipinski definition) is 0. The van der Waals surface area contributed by atoms with Crippen molar-refractivity contribution >= 4 is 34.2 Å². The summed E-state index contributed by atoms with van der Waals surface area (Å²) in [5, 5.41) is 10.0. The second kappa shape index (κ2) is 50.1. The first-order valence-electron chi connectivity index (χ1n) is 30.8. The van der Waals surface area contributed by atoms with Crippen LogP contribution in [0.15, 0.2) is 107 Å². The van der Waals surface area contributed by atoms with Gasteiger partial charge in [0.15, 0.2) is 0 Å². The van der Waals surface area contributed by atoms with Crippen LogP contribution in [0.4, 0.5) is 22.7 Å². The summed E-state index contributed by atoms with van der Waals surface area (Å²) >= 11 is 0. The Labute approximate surface area is 600 Å². The second-order valence-electron chi connectivity index (χ2n) is 24.2. The van der Waals surface area contributed by atoms with Gasteiger partial charge in [-0.05, 0) is 135 Å². The van der Waals surface area contributed by atoms with E-state index >= 15 is 0 Å². The predicted octanol–water partition coefficient (Wildman–Crippen LogP) is 10.2. The third-order valence-corrected chi connectivity index (χ3v) is 14.6. The standard InChI is InChI=1S/2C28H39N2.4C4H8O.4ClH.2Y/c2*1-17(2)23-13-11-14-24(18(3)4)27(23)29-21(9)22(10)30-28-25(19(5)6)15-12-16-26(28)20(7)8;4*1-2-4-5-3-1;;;;;;/h2*11-20H,9H2,1-8,10H3;4*1-4H2;4*1H;;/q2*-1;;;;;;;;;2*+3/p-4. The Morgan fingerprint density at radius 3 is 0.628 bits per heavy atom. The van der Waals surface area contributed by atoms with Crippen LogP contribution in [0, 0.1) is 0 Å². The summed E-state index contributed by atoms with van der Waals surface area (Å²) in [7, 11) is 0. The van der Waals surface area contributed by atoms with Crippen molar-refractivity contribution in [3.05, 3.63) is 152 Å². The summed E-state index contributed by atoms with van der Waals surface area (Å²) in [6.07, 6.45) is 10.2. The fraction of sp³-hybridized carbons (Fsp3) is 0.583. The summed E-state index contributed by atoms with van der Waals surface area (Å²) in [5.74, 6) is 3.26. The van der Waals surface area contributed by atoms with E-state index in [1.165, 1.54) is 95.9 Å². The van der Waals surface area contributed by atoms with Crippen molar-refractivity contribution in [2.45, 2.75) is 223 Å². The van der Waals surface area contributed by atoms with Crippen molar-refractivity contribution in [2.75, 3.05) is 52.9 Å². The van der Waals surface area contributed by atoms with Gasteiger partial charge < -0.3 is 79.2 Å². The fourth-order valence-corrected chi connectivity index (χ4v) is 9.50. The second-order valence-corrected chi connectivity index (χ2v) is 24.2. The minimum absolute atomic E-state index is 0. The minimum Gasteiger partial charge on any atom is -1.00 e. The zero-order chi connectivity index (χ0) is 59.3. The summed E-state index contributed by atoms with van der Waals surface area (Å²) in [5.41, 5.74) is 17.7. The Morgan fingerprint density at radius 2 is 0.488 bits per heavy atom. The summed E-state index contributed by atoms with van der Waals surface area (Å²) in [6.45, 7) is 56.2. The maximum Gasteiger partial charge on any atom is 3.00 e. The molecule has 14 heteroatoms. The molecule has 0 unspecified atom stereocenters. The van der Waals surface area contributed by atoms with Crippen LogP contribution in [0.25, 0.3) is 10.6 Å². The molecule has 4 fully saturated rings. The topological polar surface area (TPSA) is 89.8 Å². The van der Waals surface area contributed by atoms with Gasteiger partial charge in [0.05, 0.1) is 11.4 Å². The molecule has 0 amide bonds. The Bertz CT molecular complexity index is 2200. The number of rotatable bonds is 16. The first-order chi connectivity index (χ1) is 38.1. The predicted molar refractivity (Wildman–Crippen MR) is 349 cm³/mol. The van der Waals surface area contributed by atoms with Gasteiger partial charge in [-0.1, -0.05) is 206 Å². The Hall–Kier alpha value is -1.49. The van der Waals surface area contributed by atoms with Crippen LogP contribution in [0.5, 0.6) is 0 Å². The molecule has 0 spiro atoms. The first kappa shape index (κ1) is 90.9. The monoisotopic (exact) mass is 1410 g/mol. The Balaban J connectivity index is -0.000000555. The zero-order valence-electron chi connectivity index (χ0n) is 56.4. The SMILES string of the molecule is C1CCOC1.C1CCOC1.C1CCOC1.C1CCOC1.C=C([N-]c1c(C(C)C)cccc1C(C)C)C(C)=Nc1c(C(C)C)cccc1C(C)C.C=C([N-]c1c(C(C)C)cccc1C(C)C)C(C)=Nc1c(C(C)C)cccc1C(C)C.[Cl-].[Cl-].[Cl-].[Cl-].[Y+3].[Y+3]. The number of para-hydroxylation sites is 4. The molecule has 4 aliphatic heterocycles. The van der Waals surface area contributed by atoms with Crippen molar-refractivity contribution in [1.29, 1.82) is 0 Å². The van der Waals surface area contributed by atoms with Crippen LogP contribution in [-0.4, -0.2) is 64.3 Å². The van der Waals surface area contributed by atoms with Crippen LogP contribution >= 0.6 is 0 Å². The molecule has 0 aliphatic carbocycles. The molecule has 4 aromatic rings. The van der Waals surface area contributed by atoms with E-state index in [1.54, 1.807) is 0 Å². The largest absolute Gasteiger partial charge is 3.00 e. The molecule has 0 atom stereocenters. The van der Waals surface area contributed by atoms with Gasteiger partial charge in [0.25, 0.3) is 0 Å². The summed E-state index contributed by atoms with van der Waals surface area (Å²) in [6, 6.07) is 26.0. The van der Waals surface area contributed by atoms with Gasteiger partial charge in [-0.2, -0.15) is 0 Å². The van der Waals surface area contributed by atoms with Gasteiger partial charge >= 0.3 is 65.4 Å².